The lowest BCUT2D eigenvalue weighted by molar-refractivity contribution is 0.0942. The number of H-pyrrole nitrogens is 1. The summed E-state index contributed by atoms with van der Waals surface area (Å²) < 4.78 is 0. The minimum absolute atomic E-state index is 0.0565. The Morgan fingerprint density at radius 3 is 2.63 bits per heavy atom. The number of likely N-dealkylation sites (tertiary alicyclic amines) is 1. The van der Waals surface area contributed by atoms with E-state index in [0.29, 0.717) is 12.0 Å². The maximum atomic E-state index is 12.7. The van der Waals surface area contributed by atoms with Crippen molar-refractivity contribution in [3.05, 3.63) is 59.7 Å². The second-order valence-electron chi connectivity index (χ2n) is 10.0. The van der Waals surface area contributed by atoms with E-state index in [1.165, 1.54) is 25.7 Å². The highest BCUT2D eigenvalue weighted by Gasteiger charge is 2.21. The van der Waals surface area contributed by atoms with E-state index in [1.807, 2.05) is 49.4 Å². The molecule has 2 heterocycles. The quantitative estimate of drug-likeness (QED) is 0.291. The number of para-hydroxylation sites is 2. The minimum atomic E-state index is 0.0565. The Morgan fingerprint density at radius 1 is 1.09 bits per heavy atom. The van der Waals surface area contributed by atoms with Crippen molar-refractivity contribution in [2.45, 2.75) is 64.8 Å². The number of rotatable bonds is 12. The molecule has 0 aliphatic carbocycles. The topological polar surface area (TPSA) is 73.1 Å². The summed E-state index contributed by atoms with van der Waals surface area (Å²) >= 11 is 0. The molecule has 1 atom stereocenters. The third-order valence-corrected chi connectivity index (χ3v) is 7.33. The van der Waals surface area contributed by atoms with Crippen LogP contribution in [0.25, 0.3) is 11.0 Å². The first kappa shape index (κ1) is 25.2. The molecule has 35 heavy (non-hydrogen) atoms. The van der Waals surface area contributed by atoms with Crippen LogP contribution in [0.15, 0.2) is 48.5 Å². The molecule has 0 spiro atoms. The largest absolute Gasteiger partial charge is 0.353 e. The predicted molar refractivity (Wildman–Crippen MR) is 145 cm³/mol. The van der Waals surface area contributed by atoms with Gasteiger partial charge in [-0.2, -0.15) is 0 Å². The number of hydrogen-bond donors (Lipinski definition) is 3. The summed E-state index contributed by atoms with van der Waals surface area (Å²) in [5.74, 6) is 1.46. The highest BCUT2D eigenvalue weighted by molar-refractivity contribution is 5.95. The van der Waals surface area contributed by atoms with Crippen molar-refractivity contribution >= 4 is 22.9 Å². The Hall–Kier alpha value is -2.86. The van der Waals surface area contributed by atoms with Crippen LogP contribution in [-0.4, -0.2) is 53.0 Å². The number of fused-ring (bicyclic) bond motifs is 1. The number of hydrogen-bond acceptors (Lipinski definition) is 4. The normalized spacial score (nSPS) is 15.8. The number of nitrogens with zero attached hydrogens (tertiary/aromatic N) is 2. The van der Waals surface area contributed by atoms with Crippen molar-refractivity contribution in [1.82, 2.24) is 20.2 Å². The second kappa shape index (κ2) is 12.7. The van der Waals surface area contributed by atoms with Crippen molar-refractivity contribution in [1.29, 1.82) is 0 Å². The van der Waals surface area contributed by atoms with Gasteiger partial charge in [0.05, 0.1) is 11.0 Å². The van der Waals surface area contributed by atoms with Crippen LogP contribution in [0.3, 0.4) is 0 Å². The average molecular weight is 476 g/mol. The fourth-order valence-electron chi connectivity index (χ4n) is 5.07. The fourth-order valence-corrected chi connectivity index (χ4v) is 5.07. The van der Waals surface area contributed by atoms with Gasteiger partial charge in [-0.15, -0.1) is 0 Å². The van der Waals surface area contributed by atoms with Gasteiger partial charge in [-0.25, -0.2) is 4.98 Å². The summed E-state index contributed by atoms with van der Waals surface area (Å²) in [4.78, 5) is 23.4. The molecule has 0 saturated carbocycles. The van der Waals surface area contributed by atoms with E-state index in [-0.39, 0.29) is 5.91 Å². The molecule has 6 nitrogen and oxygen atoms in total. The Bertz CT molecular complexity index is 1040. The summed E-state index contributed by atoms with van der Waals surface area (Å²) in [7, 11) is 0. The Labute approximate surface area is 209 Å². The van der Waals surface area contributed by atoms with Gasteiger partial charge in [0.2, 0.25) is 5.95 Å². The van der Waals surface area contributed by atoms with E-state index >= 15 is 0 Å². The number of carbonyl (C=O) groups is 1. The molecule has 1 unspecified atom stereocenters. The monoisotopic (exact) mass is 475 g/mol. The van der Waals surface area contributed by atoms with Gasteiger partial charge in [0.1, 0.15) is 0 Å². The standard InChI is InChI=1S/C29H41N5O/c1-3-4-5-11-23(21-30-28(35)25-12-7-6-10-22(25)2)15-18-34-19-16-24(17-20-34)31-29-32-26-13-8-9-14-27(26)33-29/h6-10,12-14,23-24H,3-5,11,15-21H2,1-2H3,(H,30,35)(H2,31,32,33). The van der Waals surface area contributed by atoms with E-state index in [1.54, 1.807) is 0 Å². The lowest BCUT2D eigenvalue weighted by Crippen LogP contribution is -2.40. The molecule has 0 radical (unpaired) electrons. The average Bonchev–Trinajstić information content (AvgIpc) is 3.29. The van der Waals surface area contributed by atoms with Gasteiger partial charge in [-0.05, 0) is 68.8 Å². The lowest BCUT2D eigenvalue weighted by atomic mass is 9.96. The molecular weight excluding hydrogens is 434 g/mol. The van der Waals surface area contributed by atoms with Crippen molar-refractivity contribution in [2.75, 3.05) is 31.5 Å². The van der Waals surface area contributed by atoms with Crippen LogP contribution in [0.5, 0.6) is 0 Å². The summed E-state index contributed by atoms with van der Waals surface area (Å²) in [5.41, 5.74) is 3.91. The van der Waals surface area contributed by atoms with E-state index in [0.717, 1.165) is 73.6 Å². The van der Waals surface area contributed by atoms with Crippen molar-refractivity contribution < 1.29 is 4.79 Å². The number of nitrogens with one attached hydrogen (secondary N) is 3. The van der Waals surface area contributed by atoms with E-state index < -0.39 is 0 Å². The van der Waals surface area contributed by atoms with Crippen LogP contribution in [0.1, 0.15) is 67.8 Å². The zero-order valence-electron chi connectivity index (χ0n) is 21.4. The third kappa shape index (κ3) is 7.31. The van der Waals surface area contributed by atoms with E-state index in [4.69, 9.17) is 0 Å². The molecule has 2 aromatic carbocycles. The van der Waals surface area contributed by atoms with Crippen LogP contribution in [0.2, 0.25) is 0 Å². The van der Waals surface area contributed by atoms with Gasteiger partial charge in [0, 0.05) is 31.2 Å². The summed E-state index contributed by atoms with van der Waals surface area (Å²) in [6.45, 7) is 8.33. The molecule has 188 valence electrons. The Balaban J connectivity index is 1.22. The smallest absolute Gasteiger partial charge is 0.251 e. The maximum absolute atomic E-state index is 12.7. The molecule has 1 aromatic heterocycles. The summed E-state index contributed by atoms with van der Waals surface area (Å²) in [6.07, 6.45) is 8.31. The second-order valence-corrected chi connectivity index (χ2v) is 10.0. The number of unbranched alkanes of at least 4 members (excludes halogenated alkanes) is 2. The molecule has 0 bridgehead atoms. The molecule has 6 heteroatoms. The number of imidazole rings is 1. The van der Waals surface area contributed by atoms with E-state index in [9.17, 15) is 4.79 Å². The fraction of sp³-hybridized carbons (Fsp3) is 0.517. The van der Waals surface area contributed by atoms with Crippen molar-refractivity contribution in [2.24, 2.45) is 5.92 Å². The molecule has 1 aliphatic heterocycles. The maximum Gasteiger partial charge on any atom is 0.251 e. The molecule has 1 aliphatic rings. The molecule has 4 rings (SSSR count). The molecule has 1 amide bonds. The van der Waals surface area contributed by atoms with Gasteiger partial charge < -0.3 is 20.5 Å². The number of aromatic amines is 1. The molecule has 1 saturated heterocycles. The number of benzene rings is 2. The van der Waals surface area contributed by atoms with Crippen LogP contribution in [0, 0.1) is 12.8 Å². The minimum Gasteiger partial charge on any atom is -0.353 e. The van der Waals surface area contributed by atoms with Gasteiger partial charge in [0.25, 0.3) is 5.91 Å². The van der Waals surface area contributed by atoms with E-state index in [2.05, 4.69) is 38.5 Å². The first-order chi connectivity index (χ1) is 17.1. The number of aromatic nitrogens is 2. The third-order valence-electron chi connectivity index (χ3n) is 7.33. The van der Waals surface area contributed by atoms with Crippen LogP contribution in [-0.2, 0) is 0 Å². The number of anilines is 1. The number of carbonyl (C=O) groups excluding carboxylic acids is 1. The number of piperidine rings is 1. The van der Waals surface area contributed by atoms with Crippen LogP contribution in [0.4, 0.5) is 5.95 Å². The molecule has 3 aromatic rings. The van der Waals surface area contributed by atoms with Crippen molar-refractivity contribution in [3.63, 3.8) is 0 Å². The van der Waals surface area contributed by atoms with Gasteiger partial charge >= 0.3 is 0 Å². The summed E-state index contributed by atoms with van der Waals surface area (Å²) in [6, 6.07) is 16.5. The lowest BCUT2D eigenvalue weighted by Gasteiger charge is -2.33. The van der Waals surface area contributed by atoms with Crippen LogP contribution >= 0.6 is 0 Å². The van der Waals surface area contributed by atoms with Gasteiger partial charge in [-0.1, -0.05) is 56.5 Å². The highest BCUT2D eigenvalue weighted by atomic mass is 16.1. The molecule has 3 N–H and O–H groups in total. The zero-order chi connectivity index (χ0) is 24.5. The number of amides is 1. The van der Waals surface area contributed by atoms with Gasteiger partial charge in [-0.3, -0.25) is 4.79 Å². The highest BCUT2D eigenvalue weighted by Crippen LogP contribution is 2.20. The van der Waals surface area contributed by atoms with Gasteiger partial charge in [0.15, 0.2) is 0 Å². The zero-order valence-corrected chi connectivity index (χ0v) is 21.4. The first-order valence-corrected chi connectivity index (χ1v) is 13.4. The summed E-state index contributed by atoms with van der Waals surface area (Å²) in [5, 5.41) is 6.82. The molecular formula is C29H41N5O. The molecule has 1 fully saturated rings. The predicted octanol–water partition coefficient (Wildman–Crippen LogP) is 5.76. The SMILES string of the molecule is CCCCCC(CCN1CCC(Nc2nc3ccccc3[nH]2)CC1)CNC(=O)c1ccccc1C. The van der Waals surface area contributed by atoms with Crippen LogP contribution < -0.4 is 10.6 Å². The Morgan fingerprint density at radius 2 is 1.86 bits per heavy atom. The Kier molecular flexibility index (Phi) is 9.18. The first-order valence-electron chi connectivity index (χ1n) is 13.4. The number of aryl methyl sites for hydroxylation is 1. The van der Waals surface area contributed by atoms with Crippen molar-refractivity contribution in [3.8, 4) is 0 Å².